The van der Waals surface area contributed by atoms with Gasteiger partial charge >= 0.3 is 6.18 Å². The molecule has 16 heavy (non-hydrogen) atoms. The zero-order chi connectivity index (χ0) is 12.2. The summed E-state index contributed by atoms with van der Waals surface area (Å²) in [7, 11) is 0. The molecule has 0 radical (unpaired) electrons. The number of aliphatic hydroxyl groups excluding tert-OH is 1. The van der Waals surface area contributed by atoms with Gasteiger partial charge in [0.05, 0.1) is 6.61 Å². The largest absolute Gasteiger partial charge is 0.397 e. The molecule has 0 spiro atoms. The maximum atomic E-state index is 12.5. The SMILES string of the molecule is C=CCc1ccc(C(CO)C(F)(F)F)cc1. The Balaban J connectivity index is 2.91. The third kappa shape index (κ3) is 3.10. The van der Waals surface area contributed by atoms with Gasteiger partial charge in [0.25, 0.3) is 0 Å². The Morgan fingerprint density at radius 1 is 1.25 bits per heavy atom. The van der Waals surface area contributed by atoms with Gasteiger partial charge in [-0.1, -0.05) is 30.3 Å². The van der Waals surface area contributed by atoms with Crippen LogP contribution < -0.4 is 0 Å². The molecule has 1 rings (SSSR count). The first-order chi connectivity index (χ1) is 7.49. The van der Waals surface area contributed by atoms with Crippen LogP contribution in [0.4, 0.5) is 13.2 Å². The van der Waals surface area contributed by atoms with Crippen LogP contribution in [-0.4, -0.2) is 17.9 Å². The average Bonchev–Trinajstić information content (AvgIpc) is 2.20. The topological polar surface area (TPSA) is 20.2 Å². The number of alkyl halides is 3. The quantitative estimate of drug-likeness (QED) is 0.788. The average molecular weight is 230 g/mol. The first kappa shape index (κ1) is 12.8. The van der Waals surface area contributed by atoms with Crippen molar-refractivity contribution in [1.82, 2.24) is 0 Å². The second-order valence-electron chi connectivity index (χ2n) is 3.51. The van der Waals surface area contributed by atoms with E-state index in [2.05, 4.69) is 6.58 Å². The summed E-state index contributed by atoms with van der Waals surface area (Å²) < 4.78 is 37.4. The fourth-order valence-corrected chi connectivity index (χ4v) is 1.45. The summed E-state index contributed by atoms with van der Waals surface area (Å²) in [6.45, 7) is 2.62. The summed E-state index contributed by atoms with van der Waals surface area (Å²) >= 11 is 0. The number of hydrogen-bond acceptors (Lipinski definition) is 1. The van der Waals surface area contributed by atoms with Gasteiger partial charge < -0.3 is 5.11 Å². The van der Waals surface area contributed by atoms with E-state index in [0.29, 0.717) is 6.42 Å². The minimum Gasteiger partial charge on any atom is -0.395 e. The van der Waals surface area contributed by atoms with E-state index in [1.54, 1.807) is 18.2 Å². The maximum Gasteiger partial charge on any atom is 0.397 e. The number of allylic oxidation sites excluding steroid dienone is 1. The highest BCUT2D eigenvalue weighted by atomic mass is 19.4. The van der Waals surface area contributed by atoms with Crippen molar-refractivity contribution < 1.29 is 18.3 Å². The van der Waals surface area contributed by atoms with Crippen LogP contribution >= 0.6 is 0 Å². The summed E-state index contributed by atoms with van der Waals surface area (Å²) in [5, 5.41) is 8.75. The Hall–Kier alpha value is -1.29. The molecule has 0 fully saturated rings. The first-order valence-electron chi connectivity index (χ1n) is 4.86. The molecule has 0 aromatic heterocycles. The van der Waals surface area contributed by atoms with Crippen LogP contribution in [0.2, 0.25) is 0 Å². The molecule has 1 N–H and O–H groups in total. The molecule has 0 saturated carbocycles. The monoisotopic (exact) mass is 230 g/mol. The molecule has 1 aromatic carbocycles. The molecule has 4 heteroatoms. The highest BCUT2D eigenvalue weighted by molar-refractivity contribution is 5.27. The van der Waals surface area contributed by atoms with Gasteiger partial charge in [-0.2, -0.15) is 13.2 Å². The Bertz CT molecular complexity index is 340. The summed E-state index contributed by atoms with van der Waals surface area (Å²) in [4.78, 5) is 0. The number of halogens is 3. The van der Waals surface area contributed by atoms with Gasteiger partial charge in [-0.3, -0.25) is 0 Å². The lowest BCUT2D eigenvalue weighted by atomic mass is 9.97. The molecule has 0 heterocycles. The molecule has 0 amide bonds. The predicted octanol–water partition coefficient (Wildman–Crippen LogP) is 3.05. The van der Waals surface area contributed by atoms with E-state index in [1.807, 2.05) is 0 Å². The number of aliphatic hydroxyl groups is 1. The Morgan fingerprint density at radius 3 is 2.19 bits per heavy atom. The van der Waals surface area contributed by atoms with Crippen LogP contribution in [0.5, 0.6) is 0 Å². The van der Waals surface area contributed by atoms with Crippen molar-refractivity contribution in [1.29, 1.82) is 0 Å². The van der Waals surface area contributed by atoms with Crippen molar-refractivity contribution in [2.45, 2.75) is 18.5 Å². The fraction of sp³-hybridized carbons (Fsp3) is 0.333. The number of rotatable bonds is 4. The van der Waals surface area contributed by atoms with Crippen LogP contribution in [0.3, 0.4) is 0 Å². The van der Waals surface area contributed by atoms with Gasteiger partial charge in [-0.15, -0.1) is 6.58 Å². The van der Waals surface area contributed by atoms with E-state index in [9.17, 15) is 13.2 Å². The fourth-order valence-electron chi connectivity index (χ4n) is 1.45. The number of hydrogen-bond donors (Lipinski definition) is 1. The van der Waals surface area contributed by atoms with Crippen molar-refractivity contribution in [3.8, 4) is 0 Å². The Labute approximate surface area is 92.2 Å². The smallest absolute Gasteiger partial charge is 0.395 e. The molecule has 0 aliphatic rings. The van der Waals surface area contributed by atoms with Gasteiger partial charge in [0.1, 0.15) is 5.92 Å². The molecule has 0 aliphatic heterocycles. The zero-order valence-electron chi connectivity index (χ0n) is 8.67. The summed E-state index contributed by atoms with van der Waals surface area (Å²) in [5.41, 5.74) is 0.987. The molecule has 0 bridgehead atoms. The van der Waals surface area contributed by atoms with E-state index in [4.69, 9.17) is 5.11 Å². The van der Waals surface area contributed by atoms with Crippen molar-refractivity contribution in [2.75, 3.05) is 6.61 Å². The van der Waals surface area contributed by atoms with E-state index >= 15 is 0 Å². The molecular formula is C12H13F3O. The second-order valence-corrected chi connectivity index (χ2v) is 3.51. The second kappa shape index (κ2) is 5.16. The van der Waals surface area contributed by atoms with E-state index in [0.717, 1.165) is 5.56 Å². The lowest BCUT2D eigenvalue weighted by Crippen LogP contribution is -2.23. The normalized spacial score (nSPS) is 13.5. The molecule has 0 saturated heterocycles. The highest BCUT2D eigenvalue weighted by Crippen LogP contribution is 2.34. The highest BCUT2D eigenvalue weighted by Gasteiger charge is 2.40. The van der Waals surface area contributed by atoms with Crippen molar-refractivity contribution >= 4 is 0 Å². The molecule has 88 valence electrons. The van der Waals surface area contributed by atoms with Crippen LogP contribution in [0.25, 0.3) is 0 Å². The van der Waals surface area contributed by atoms with Gasteiger partial charge in [0.15, 0.2) is 0 Å². The van der Waals surface area contributed by atoms with Gasteiger partial charge in [-0.25, -0.2) is 0 Å². The van der Waals surface area contributed by atoms with Crippen molar-refractivity contribution in [3.63, 3.8) is 0 Å². The number of benzene rings is 1. The zero-order valence-corrected chi connectivity index (χ0v) is 8.67. The molecule has 1 atom stereocenters. The minimum atomic E-state index is -4.41. The summed E-state index contributed by atoms with van der Waals surface area (Å²) in [6.07, 6.45) is -2.10. The van der Waals surface area contributed by atoms with E-state index in [-0.39, 0.29) is 5.56 Å². The van der Waals surface area contributed by atoms with Crippen LogP contribution in [0.1, 0.15) is 17.0 Å². The van der Waals surface area contributed by atoms with E-state index in [1.165, 1.54) is 12.1 Å². The Kier molecular flexibility index (Phi) is 4.12. The lowest BCUT2D eigenvalue weighted by Gasteiger charge is -2.18. The summed E-state index contributed by atoms with van der Waals surface area (Å²) in [5.74, 6) is -1.80. The molecule has 0 aliphatic carbocycles. The standard InChI is InChI=1S/C12H13F3O/c1-2-3-9-4-6-10(7-5-9)11(8-16)12(13,14)15/h2,4-7,11,16H,1,3,8H2. The predicted molar refractivity (Wildman–Crippen MR) is 56.2 cm³/mol. The van der Waals surface area contributed by atoms with Gasteiger partial charge in [-0.05, 0) is 17.5 Å². The summed E-state index contributed by atoms with van der Waals surface area (Å²) in [6, 6.07) is 6.03. The van der Waals surface area contributed by atoms with Gasteiger partial charge in [0.2, 0.25) is 0 Å². The Morgan fingerprint density at radius 2 is 1.81 bits per heavy atom. The van der Waals surface area contributed by atoms with E-state index < -0.39 is 18.7 Å². The van der Waals surface area contributed by atoms with Crippen molar-refractivity contribution in [2.24, 2.45) is 0 Å². The molecule has 1 aromatic rings. The molecule has 1 unspecified atom stereocenters. The van der Waals surface area contributed by atoms with Crippen LogP contribution in [0, 0.1) is 0 Å². The lowest BCUT2D eigenvalue weighted by molar-refractivity contribution is -0.158. The van der Waals surface area contributed by atoms with Crippen molar-refractivity contribution in [3.05, 3.63) is 48.0 Å². The van der Waals surface area contributed by atoms with Gasteiger partial charge in [0, 0.05) is 0 Å². The minimum absolute atomic E-state index is 0.0859. The third-order valence-corrected chi connectivity index (χ3v) is 2.34. The van der Waals surface area contributed by atoms with Crippen LogP contribution in [0.15, 0.2) is 36.9 Å². The molecular weight excluding hydrogens is 217 g/mol. The van der Waals surface area contributed by atoms with Crippen LogP contribution in [-0.2, 0) is 6.42 Å². The molecule has 1 nitrogen and oxygen atoms in total. The third-order valence-electron chi connectivity index (χ3n) is 2.34. The maximum absolute atomic E-state index is 12.5. The first-order valence-corrected chi connectivity index (χ1v) is 4.86.